The first-order valence-electron chi connectivity index (χ1n) is 8.82. The molecule has 8 nitrogen and oxygen atoms in total. The molecule has 10 heteroatoms. The highest BCUT2D eigenvalue weighted by Crippen LogP contribution is 2.28. The number of fused-ring (bicyclic) bond motifs is 1. The number of halogens is 1. The van der Waals surface area contributed by atoms with Gasteiger partial charge < -0.3 is 11.1 Å². The van der Waals surface area contributed by atoms with Crippen LogP contribution in [0.2, 0.25) is 5.28 Å². The quantitative estimate of drug-likeness (QED) is 0.443. The molecule has 0 saturated heterocycles. The number of amides is 1. The molecule has 152 valence electrons. The molecule has 0 aliphatic heterocycles. The summed E-state index contributed by atoms with van der Waals surface area (Å²) in [5.41, 5.74) is 6.99. The van der Waals surface area contributed by atoms with Gasteiger partial charge in [0.05, 0.1) is 11.1 Å². The van der Waals surface area contributed by atoms with Crippen molar-refractivity contribution in [3.63, 3.8) is 0 Å². The summed E-state index contributed by atoms with van der Waals surface area (Å²) in [6, 6.07) is 17.0. The zero-order chi connectivity index (χ0) is 21.3. The number of hydrogen-bond donors (Lipinski definition) is 2. The van der Waals surface area contributed by atoms with Crippen LogP contribution in [-0.2, 0) is 15.8 Å². The van der Waals surface area contributed by atoms with E-state index >= 15 is 0 Å². The van der Waals surface area contributed by atoms with Gasteiger partial charge in [-0.05, 0) is 41.4 Å². The van der Waals surface area contributed by atoms with Gasteiger partial charge in [-0.25, -0.2) is 12.4 Å². The minimum atomic E-state index is -3.74. The van der Waals surface area contributed by atoms with Crippen LogP contribution >= 0.6 is 11.6 Å². The van der Waals surface area contributed by atoms with E-state index in [-0.39, 0.29) is 16.7 Å². The van der Waals surface area contributed by atoms with Crippen LogP contribution in [0.4, 0.5) is 11.5 Å². The Balaban J connectivity index is 1.75. The molecule has 0 aliphatic carbocycles. The molecule has 3 N–H and O–H groups in total. The van der Waals surface area contributed by atoms with Crippen LogP contribution in [0.1, 0.15) is 15.9 Å². The standard InChI is InChI=1S/C20H16ClN5O3S/c21-20-24-18(23-15-8-4-7-14(11-15)17(22)27)16-9-10-26(19(16)25-20)30(28,29)12-13-5-2-1-3-6-13/h1-11H,12H2,(H2,22,27)(H,23,24,25). The number of rotatable bonds is 6. The van der Waals surface area contributed by atoms with E-state index in [1.165, 1.54) is 6.20 Å². The van der Waals surface area contributed by atoms with Crippen molar-refractivity contribution < 1.29 is 13.2 Å². The Hall–Kier alpha value is -3.43. The molecule has 0 unspecified atom stereocenters. The first-order chi connectivity index (χ1) is 14.3. The topological polar surface area (TPSA) is 120 Å². The SMILES string of the molecule is NC(=O)c1cccc(Nc2nc(Cl)nc3c2ccn3S(=O)(=O)Cc2ccccc2)c1. The highest BCUT2D eigenvalue weighted by molar-refractivity contribution is 7.89. The smallest absolute Gasteiger partial charge is 0.248 e. The van der Waals surface area contributed by atoms with Crippen molar-refractivity contribution >= 4 is 50.1 Å². The van der Waals surface area contributed by atoms with E-state index in [0.29, 0.717) is 28.0 Å². The zero-order valence-corrected chi connectivity index (χ0v) is 17.1. The van der Waals surface area contributed by atoms with Gasteiger partial charge in [-0.1, -0.05) is 36.4 Å². The molecular weight excluding hydrogens is 426 g/mol. The summed E-state index contributed by atoms with van der Waals surface area (Å²) in [6.45, 7) is 0. The second kappa shape index (κ2) is 7.77. The van der Waals surface area contributed by atoms with Crippen LogP contribution in [0.5, 0.6) is 0 Å². The molecule has 0 saturated carbocycles. The number of benzene rings is 2. The van der Waals surface area contributed by atoms with Crippen molar-refractivity contribution in [1.29, 1.82) is 0 Å². The van der Waals surface area contributed by atoms with E-state index in [1.54, 1.807) is 54.6 Å². The predicted molar refractivity (Wildman–Crippen MR) is 115 cm³/mol. The highest BCUT2D eigenvalue weighted by Gasteiger charge is 2.20. The van der Waals surface area contributed by atoms with E-state index in [9.17, 15) is 13.2 Å². The first-order valence-corrected chi connectivity index (χ1v) is 10.8. The van der Waals surface area contributed by atoms with Crippen molar-refractivity contribution in [3.05, 3.63) is 83.3 Å². The molecule has 2 heterocycles. The molecule has 1 amide bonds. The third kappa shape index (κ3) is 3.98. The summed E-state index contributed by atoms with van der Waals surface area (Å²) in [5, 5.41) is 3.39. The molecule has 2 aromatic carbocycles. The average Bonchev–Trinajstić information content (AvgIpc) is 3.13. The monoisotopic (exact) mass is 441 g/mol. The largest absolute Gasteiger partial charge is 0.366 e. The van der Waals surface area contributed by atoms with Gasteiger partial charge in [-0.2, -0.15) is 9.97 Å². The number of primary amides is 1. The van der Waals surface area contributed by atoms with Crippen molar-refractivity contribution in [2.45, 2.75) is 5.75 Å². The van der Waals surface area contributed by atoms with E-state index in [4.69, 9.17) is 17.3 Å². The summed E-state index contributed by atoms with van der Waals surface area (Å²) in [7, 11) is -3.74. The molecule has 30 heavy (non-hydrogen) atoms. The number of nitrogens with two attached hydrogens (primary N) is 1. The summed E-state index contributed by atoms with van der Waals surface area (Å²) < 4.78 is 27.0. The van der Waals surface area contributed by atoms with Crippen molar-refractivity contribution in [3.8, 4) is 0 Å². The van der Waals surface area contributed by atoms with Gasteiger partial charge in [-0.3, -0.25) is 4.79 Å². The van der Waals surface area contributed by atoms with Gasteiger partial charge in [0.1, 0.15) is 5.82 Å². The number of hydrogen-bond acceptors (Lipinski definition) is 6. The maximum absolute atomic E-state index is 13.0. The second-order valence-corrected chi connectivity index (χ2v) is 8.69. The summed E-state index contributed by atoms with van der Waals surface area (Å²) in [5.74, 6) is -0.453. The van der Waals surface area contributed by atoms with Crippen molar-refractivity contribution in [2.24, 2.45) is 5.73 Å². The van der Waals surface area contributed by atoms with Crippen LogP contribution in [-0.4, -0.2) is 28.3 Å². The molecule has 0 aliphatic rings. The first kappa shape index (κ1) is 19.9. The third-order valence-corrected chi connectivity index (χ3v) is 6.15. The van der Waals surface area contributed by atoms with Crippen LogP contribution in [0.3, 0.4) is 0 Å². The lowest BCUT2D eigenvalue weighted by Gasteiger charge is -2.10. The number of carbonyl (C=O) groups excluding carboxylic acids is 1. The lowest BCUT2D eigenvalue weighted by atomic mass is 10.2. The van der Waals surface area contributed by atoms with Crippen LogP contribution in [0.15, 0.2) is 66.9 Å². The fourth-order valence-electron chi connectivity index (χ4n) is 3.03. The summed E-state index contributed by atoms with van der Waals surface area (Å²) in [6.07, 6.45) is 1.42. The van der Waals surface area contributed by atoms with E-state index in [0.717, 1.165) is 3.97 Å². The lowest BCUT2D eigenvalue weighted by molar-refractivity contribution is 0.100. The Bertz CT molecular complexity index is 1350. The molecule has 4 aromatic rings. The highest BCUT2D eigenvalue weighted by atomic mass is 35.5. The maximum Gasteiger partial charge on any atom is 0.248 e. The fourth-order valence-corrected chi connectivity index (χ4v) is 4.59. The van der Waals surface area contributed by atoms with Gasteiger partial charge in [-0.15, -0.1) is 0 Å². The summed E-state index contributed by atoms with van der Waals surface area (Å²) >= 11 is 6.07. The van der Waals surface area contributed by atoms with Gasteiger partial charge in [0.15, 0.2) is 5.65 Å². The average molecular weight is 442 g/mol. The van der Waals surface area contributed by atoms with Gasteiger partial charge in [0, 0.05) is 17.4 Å². The number of aromatic nitrogens is 3. The zero-order valence-electron chi connectivity index (χ0n) is 15.5. The normalized spacial score (nSPS) is 11.5. The van der Waals surface area contributed by atoms with E-state index in [1.807, 2.05) is 6.07 Å². The minimum absolute atomic E-state index is 0.120. The molecule has 0 fully saturated rings. The second-order valence-electron chi connectivity index (χ2n) is 6.50. The van der Waals surface area contributed by atoms with Crippen molar-refractivity contribution in [1.82, 2.24) is 13.9 Å². The number of carbonyl (C=O) groups is 1. The lowest BCUT2D eigenvalue weighted by Crippen LogP contribution is -2.15. The van der Waals surface area contributed by atoms with E-state index in [2.05, 4.69) is 15.3 Å². The Morgan fingerprint density at radius 2 is 1.83 bits per heavy atom. The Kier molecular flexibility index (Phi) is 5.15. The molecule has 0 radical (unpaired) electrons. The summed E-state index contributed by atoms with van der Waals surface area (Å²) in [4.78, 5) is 19.7. The molecule has 0 spiro atoms. The molecule has 2 aromatic heterocycles. The minimum Gasteiger partial charge on any atom is -0.366 e. The van der Waals surface area contributed by atoms with Gasteiger partial charge >= 0.3 is 0 Å². The van der Waals surface area contributed by atoms with E-state index < -0.39 is 15.9 Å². The number of nitrogens with zero attached hydrogens (tertiary/aromatic N) is 3. The molecular formula is C20H16ClN5O3S. The number of anilines is 2. The molecule has 0 atom stereocenters. The molecule has 0 bridgehead atoms. The Morgan fingerprint density at radius 3 is 2.57 bits per heavy atom. The molecule has 4 rings (SSSR count). The van der Waals surface area contributed by atoms with Gasteiger partial charge in [0.2, 0.25) is 21.2 Å². The Labute approximate surface area is 177 Å². The third-order valence-electron chi connectivity index (χ3n) is 4.39. The van der Waals surface area contributed by atoms with Crippen LogP contribution in [0, 0.1) is 0 Å². The fraction of sp³-hybridized carbons (Fsp3) is 0.0500. The predicted octanol–water partition coefficient (Wildman–Crippen LogP) is 3.31. The maximum atomic E-state index is 13.0. The van der Waals surface area contributed by atoms with Crippen LogP contribution in [0.25, 0.3) is 11.0 Å². The van der Waals surface area contributed by atoms with Gasteiger partial charge in [0.25, 0.3) is 0 Å². The number of nitrogens with one attached hydrogen (secondary N) is 1. The van der Waals surface area contributed by atoms with Crippen molar-refractivity contribution in [2.75, 3.05) is 5.32 Å². The van der Waals surface area contributed by atoms with Crippen LogP contribution < -0.4 is 11.1 Å². The Morgan fingerprint density at radius 1 is 1.07 bits per heavy atom.